The molecule has 1 saturated heterocycles. The molecule has 0 amide bonds. The summed E-state index contributed by atoms with van der Waals surface area (Å²) in [5.74, 6) is -0.508. The third kappa shape index (κ3) is 3.07. The van der Waals surface area contributed by atoms with E-state index in [2.05, 4.69) is 10.3 Å². The molecule has 1 atom stereocenters. The van der Waals surface area contributed by atoms with Crippen LogP contribution in [0.4, 0.5) is 15.8 Å². The number of aromatic nitrogens is 2. The first-order chi connectivity index (χ1) is 15.6. The Balaban J connectivity index is 1.58. The molecule has 0 radical (unpaired) electrons. The molecule has 1 aromatic carbocycles. The summed E-state index contributed by atoms with van der Waals surface area (Å²) in [6, 6.07) is 7.64. The van der Waals surface area contributed by atoms with Crippen LogP contribution in [-0.4, -0.2) is 35.9 Å². The molecule has 9 heteroatoms. The van der Waals surface area contributed by atoms with Crippen molar-refractivity contribution in [2.24, 2.45) is 0 Å². The lowest BCUT2D eigenvalue weighted by Crippen LogP contribution is -2.44. The van der Waals surface area contributed by atoms with Gasteiger partial charge < -0.3 is 25.1 Å². The lowest BCUT2D eigenvalue weighted by Gasteiger charge is -2.37. The number of halogens is 1. The van der Waals surface area contributed by atoms with E-state index in [4.69, 9.17) is 15.2 Å². The molecule has 5 rings (SSSR count). The molecule has 8 nitrogen and oxygen atoms in total. The third-order valence-corrected chi connectivity index (χ3v) is 6.21. The average molecular weight is 435 g/mol. The molecule has 2 aromatic heterocycles. The molecule has 164 valence electrons. The molecule has 4 heterocycles. The first kappa shape index (κ1) is 20.3. The number of pyridine rings is 2. The van der Waals surface area contributed by atoms with Crippen molar-refractivity contribution in [3.63, 3.8) is 0 Å². The Hall–Kier alpha value is -3.64. The second kappa shape index (κ2) is 7.80. The maximum atomic E-state index is 15.3. The van der Waals surface area contributed by atoms with Gasteiger partial charge in [-0.15, -0.1) is 0 Å². The molecule has 2 aliphatic heterocycles. The molecule has 0 aliphatic carbocycles. The van der Waals surface area contributed by atoms with E-state index in [1.54, 1.807) is 6.20 Å². The van der Waals surface area contributed by atoms with E-state index in [1.807, 2.05) is 28.8 Å². The van der Waals surface area contributed by atoms with Crippen LogP contribution < -0.4 is 21.2 Å². The number of nitriles is 1. The zero-order valence-corrected chi connectivity index (χ0v) is 17.4. The summed E-state index contributed by atoms with van der Waals surface area (Å²) in [4.78, 5) is 17.2. The average Bonchev–Trinajstić information content (AvgIpc) is 3.28. The Morgan fingerprint density at radius 2 is 2.25 bits per heavy atom. The summed E-state index contributed by atoms with van der Waals surface area (Å²) in [5, 5.41) is 12.6. The minimum Gasteiger partial charge on any atom is -0.487 e. The Labute approximate surface area is 183 Å². The maximum Gasteiger partial charge on any atom is 0.209 e. The van der Waals surface area contributed by atoms with Gasteiger partial charge in [0.1, 0.15) is 29.5 Å². The van der Waals surface area contributed by atoms with Gasteiger partial charge in [-0.25, -0.2) is 4.39 Å². The van der Waals surface area contributed by atoms with Gasteiger partial charge >= 0.3 is 0 Å². The van der Waals surface area contributed by atoms with Gasteiger partial charge in [0.15, 0.2) is 11.6 Å². The number of nitrogen functional groups attached to an aromatic ring is 1. The predicted molar refractivity (Wildman–Crippen MR) is 117 cm³/mol. The minimum atomic E-state index is -0.748. The van der Waals surface area contributed by atoms with Gasteiger partial charge in [-0.2, -0.15) is 5.26 Å². The molecule has 0 bridgehead atoms. The van der Waals surface area contributed by atoms with Crippen LogP contribution in [0.15, 0.2) is 35.4 Å². The zero-order valence-electron chi connectivity index (χ0n) is 17.4. The van der Waals surface area contributed by atoms with Crippen molar-refractivity contribution in [1.29, 1.82) is 5.26 Å². The van der Waals surface area contributed by atoms with Crippen LogP contribution in [0.25, 0.3) is 10.9 Å². The standard InChI is InChI=1S/C23H22FN5O3/c24-17-18(26)16-20-22(19(17)28-8-3-5-15-4-1-2-7-27-15)32-13-23(6-9-31-12-23)29(20)11-14(10-25)21(16)30/h1-2,4,7,11,28H,3,5-6,8-9,12-13,26H2. The van der Waals surface area contributed by atoms with Crippen LogP contribution in [0.3, 0.4) is 0 Å². The number of benzene rings is 1. The van der Waals surface area contributed by atoms with E-state index in [0.29, 0.717) is 38.1 Å². The summed E-state index contributed by atoms with van der Waals surface area (Å²) in [5.41, 5.74) is 6.05. The largest absolute Gasteiger partial charge is 0.487 e. The van der Waals surface area contributed by atoms with E-state index in [0.717, 1.165) is 12.1 Å². The molecule has 2 aliphatic rings. The normalized spacial score (nSPS) is 19.1. The van der Waals surface area contributed by atoms with Crippen LogP contribution >= 0.6 is 0 Å². The Bertz CT molecular complexity index is 1290. The van der Waals surface area contributed by atoms with Gasteiger partial charge in [-0.1, -0.05) is 6.07 Å². The zero-order chi connectivity index (χ0) is 22.3. The van der Waals surface area contributed by atoms with Crippen LogP contribution in [0.1, 0.15) is 24.1 Å². The van der Waals surface area contributed by atoms with E-state index < -0.39 is 16.8 Å². The van der Waals surface area contributed by atoms with Crippen molar-refractivity contribution in [3.8, 4) is 11.8 Å². The molecule has 32 heavy (non-hydrogen) atoms. The van der Waals surface area contributed by atoms with E-state index in [9.17, 15) is 10.1 Å². The van der Waals surface area contributed by atoms with Crippen molar-refractivity contribution in [2.45, 2.75) is 24.8 Å². The van der Waals surface area contributed by atoms with Crippen LogP contribution in [-0.2, 0) is 16.7 Å². The van der Waals surface area contributed by atoms with Crippen LogP contribution in [0.5, 0.6) is 5.75 Å². The number of nitrogens with zero attached hydrogens (tertiary/aromatic N) is 3. The number of rotatable bonds is 5. The first-order valence-electron chi connectivity index (χ1n) is 10.5. The number of ether oxygens (including phenoxy) is 2. The van der Waals surface area contributed by atoms with Crippen molar-refractivity contribution in [2.75, 3.05) is 37.4 Å². The van der Waals surface area contributed by atoms with Crippen molar-refractivity contribution in [1.82, 2.24) is 9.55 Å². The van der Waals surface area contributed by atoms with Gasteiger partial charge in [0, 0.05) is 31.2 Å². The minimum absolute atomic E-state index is 0.0263. The topological polar surface area (TPSA) is 115 Å². The second-order valence-electron chi connectivity index (χ2n) is 8.18. The van der Waals surface area contributed by atoms with Crippen LogP contribution in [0, 0.1) is 17.1 Å². The molecule has 1 spiro atoms. The van der Waals surface area contributed by atoms with Crippen LogP contribution in [0.2, 0.25) is 0 Å². The van der Waals surface area contributed by atoms with Gasteiger partial charge in [-0.3, -0.25) is 9.78 Å². The fourth-order valence-electron chi connectivity index (χ4n) is 4.51. The molecule has 0 saturated carbocycles. The number of nitrogens with two attached hydrogens (primary N) is 1. The highest BCUT2D eigenvalue weighted by atomic mass is 19.1. The highest BCUT2D eigenvalue weighted by molar-refractivity contribution is 6.01. The molecule has 3 N–H and O–H groups in total. The number of hydrogen-bond acceptors (Lipinski definition) is 7. The summed E-state index contributed by atoms with van der Waals surface area (Å²) >= 11 is 0. The van der Waals surface area contributed by atoms with Gasteiger partial charge in [0.2, 0.25) is 5.43 Å². The number of nitrogens with one attached hydrogen (secondary N) is 1. The number of fused-ring (bicyclic) bond motifs is 1. The van der Waals surface area contributed by atoms with E-state index >= 15 is 4.39 Å². The smallest absolute Gasteiger partial charge is 0.209 e. The Kier molecular flexibility index (Phi) is 4.94. The lowest BCUT2D eigenvalue weighted by molar-refractivity contribution is 0.103. The fourth-order valence-corrected chi connectivity index (χ4v) is 4.51. The number of aryl methyl sites for hydroxylation is 1. The molecular weight excluding hydrogens is 413 g/mol. The van der Waals surface area contributed by atoms with Gasteiger partial charge in [0.05, 0.1) is 23.2 Å². The molecule has 3 aromatic rings. The van der Waals surface area contributed by atoms with Gasteiger partial charge in [0.25, 0.3) is 0 Å². The fraction of sp³-hybridized carbons (Fsp3) is 0.348. The lowest BCUT2D eigenvalue weighted by atomic mass is 9.94. The monoisotopic (exact) mass is 435 g/mol. The SMILES string of the molecule is N#Cc1cn2c3c(c(NCCCc4ccccn4)c(F)c(N)c3c1=O)OCC21CCOC1. The van der Waals surface area contributed by atoms with Crippen molar-refractivity contribution >= 4 is 22.3 Å². The highest BCUT2D eigenvalue weighted by Gasteiger charge is 2.43. The summed E-state index contributed by atoms with van der Waals surface area (Å²) < 4.78 is 28.8. The quantitative estimate of drug-likeness (QED) is 0.467. The Morgan fingerprint density at radius 1 is 1.38 bits per heavy atom. The van der Waals surface area contributed by atoms with Gasteiger partial charge in [-0.05, 0) is 31.4 Å². The van der Waals surface area contributed by atoms with E-state index in [-0.39, 0.29) is 34.7 Å². The molecule has 1 fully saturated rings. The van der Waals surface area contributed by atoms with Crippen molar-refractivity contribution < 1.29 is 13.9 Å². The third-order valence-electron chi connectivity index (χ3n) is 6.21. The second-order valence-corrected chi connectivity index (χ2v) is 8.18. The number of hydrogen-bond donors (Lipinski definition) is 2. The molecule has 1 unspecified atom stereocenters. The predicted octanol–water partition coefficient (Wildman–Crippen LogP) is 2.54. The van der Waals surface area contributed by atoms with E-state index in [1.165, 1.54) is 6.20 Å². The first-order valence-corrected chi connectivity index (χ1v) is 10.5. The van der Waals surface area contributed by atoms with Crippen molar-refractivity contribution in [3.05, 3.63) is 57.9 Å². The maximum absolute atomic E-state index is 15.3. The molecular formula is C23H22FN5O3. The summed E-state index contributed by atoms with van der Waals surface area (Å²) in [7, 11) is 0. The highest BCUT2D eigenvalue weighted by Crippen LogP contribution is 2.46. The summed E-state index contributed by atoms with van der Waals surface area (Å²) in [6.07, 6.45) is 5.35. The number of anilines is 2. The Morgan fingerprint density at radius 3 is 2.97 bits per heavy atom. The summed E-state index contributed by atoms with van der Waals surface area (Å²) in [6.45, 7) is 1.61.